The Hall–Kier alpha value is -2.60. The average Bonchev–Trinajstić information content (AvgIpc) is 2.70. The minimum absolute atomic E-state index is 0.0766. The number of amides is 1. The molecule has 2 aromatic carbocycles. The van der Waals surface area contributed by atoms with Gasteiger partial charge in [0.1, 0.15) is 0 Å². The van der Waals surface area contributed by atoms with E-state index in [4.69, 9.17) is 4.74 Å². The number of ether oxygens (including phenoxy) is 1. The molecule has 29 heavy (non-hydrogen) atoms. The van der Waals surface area contributed by atoms with E-state index in [1.807, 2.05) is 30.3 Å². The summed E-state index contributed by atoms with van der Waals surface area (Å²) in [5.74, 6) is -0.793. The lowest BCUT2D eigenvalue weighted by Crippen LogP contribution is -2.33. The number of carbonyl (C=O) groups excluding carboxylic acids is 3. The molecular formula is C23H27NO4S. The number of hydrogen-bond donors (Lipinski definition) is 0. The van der Waals surface area contributed by atoms with Gasteiger partial charge >= 0.3 is 5.97 Å². The molecule has 1 amide bonds. The number of rotatable bonds is 7. The number of nitrogens with zero attached hydrogens (tertiary/aromatic N) is 1. The van der Waals surface area contributed by atoms with E-state index in [0.29, 0.717) is 10.5 Å². The van der Waals surface area contributed by atoms with Gasteiger partial charge in [-0.1, -0.05) is 51.1 Å². The molecule has 0 aliphatic carbocycles. The molecule has 0 N–H and O–H groups in total. The average molecular weight is 414 g/mol. The maximum absolute atomic E-state index is 12.8. The first-order valence-corrected chi connectivity index (χ1v) is 10.3. The summed E-state index contributed by atoms with van der Waals surface area (Å²) in [5.41, 5.74) is 0.580. The monoisotopic (exact) mass is 413 g/mol. The van der Waals surface area contributed by atoms with Crippen molar-refractivity contribution in [2.45, 2.75) is 37.8 Å². The number of hydrogen-bond acceptors (Lipinski definition) is 5. The van der Waals surface area contributed by atoms with Gasteiger partial charge in [0.05, 0.1) is 10.8 Å². The van der Waals surface area contributed by atoms with E-state index in [1.165, 1.54) is 11.8 Å². The number of esters is 1. The van der Waals surface area contributed by atoms with Crippen LogP contribution in [0, 0.1) is 5.41 Å². The van der Waals surface area contributed by atoms with Crippen LogP contribution >= 0.6 is 11.8 Å². The number of Topliss-reactive ketones (excluding diaryl/α,β-unsaturated/α-hetero) is 1. The van der Waals surface area contributed by atoms with E-state index >= 15 is 0 Å². The number of benzene rings is 2. The molecule has 2 aromatic rings. The van der Waals surface area contributed by atoms with Gasteiger partial charge in [-0.2, -0.15) is 0 Å². The Morgan fingerprint density at radius 1 is 1.00 bits per heavy atom. The molecule has 1 atom stereocenters. The van der Waals surface area contributed by atoms with Gasteiger partial charge in [0.15, 0.2) is 12.4 Å². The van der Waals surface area contributed by atoms with Crippen molar-refractivity contribution in [1.29, 1.82) is 0 Å². The van der Waals surface area contributed by atoms with Gasteiger partial charge < -0.3 is 9.64 Å². The number of para-hydroxylation sites is 1. The maximum Gasteiger partial charge on any atom is 0.339 e. The zero-order chi connectivity index (χ0) is 21.6. The van der Waals surface area contributed by atoms with Crippen LogP contribution in [0.25, 0.3) is 0 Å². The highest BCUT2D eigenvalue weighted by Crippen LogP contribution is 2.29. The van der Waals surface area contributed by atoms with Gasteiger partial charge in [0.2, 0.25) is 5.91 Å². The molecule has 0 saturated carbocycles. The highest BCUT2D eigenvalue weighted by atomic mass is 32.2. The predicted molar refractivity (Wildman–Crippen MR) is 116 cm³/mol. The molecule has 1 unspecified atom stereocenters. The fourth-order valence-corrected chi connectivity index (χ4v) is 3.53. The predicted octanol–water partition coefficient (Wildman–Crippen LogP) is 4.60. The lowest BCUT2D eigenvalue weighted by molar-refractivity contribution is -0.129. The standard InChI is InChI=1S/C23H27NO4S/c1-16(21(26)24(5)17-11-7-6-8-12-17)29-19-14-10-9-13-18(19)22(27)28-15-20(25)23(2,3)4/h6-14,16H,15H2,1-5H3. The van der Waals surface area contributed by atoms with Crippen molar-refractivity contribution < 1.29 is 19.1 Å². The minimum Gasteiger partial charge on any atom is -0.454 e. The number of ketones is 1. The van der Waals surface area contributed by atoms with Crippen LogP contribution in [0.2, 0.25) is 0 Å². The van der Waals surface area contributed by atoms with Crippen molar-refractivity contribution in [3.05, 3.63) is 60.2 Å². The Bertz CT molecular complexity index is 874. The molecule has 0 heterocycles. The Kier molecular flexibility index (Phi) is 7.62. The Morgan fingerprint density at radius 3 is 2.21 bits per heavy atom. The topological polar surface area (TPSA) is 63.7 Å². The van der Waals surface area contributed by atoms with Crippen LogP contribution in [-0.2, 0) is 14.3 Å². The molecule has 5 nitrogen and oxygen atoms in total. The van der Waals surface area contributed by atoms with E-state index in [-0.39, 0.29) is 18.3 Å². The summed E-state index contributed by atoms with van der Waals surface area (Å²) in [4.78, 5) is 39.6. The maximum atomic E-state index is 12.8. The fourth-order valence-electron chi connectivity index (χ4n) is 2.46. The van der Waals surface area contributed by atoms with E-state index < -0.39 is 16.6 Å². The van der Waals surface area contributed by atoms with Gasteiger partial charge in [-0.15, -0.1) is 11.8 Å². The summed E-state index contributed by atoms with van der Waals surface area (Å²) >= 11 is 1.29. The lowest BCUT2D eigenvalue weighted by atomic mass is 9.91. The SMILES string of the molecule is CC(Sc1ccccc1C(=O)OCC(=O)C(C)(C)C)C(=O)N(C)c1ccccc1. The largest absolute Gasteiger partial charge is 0.454 e. The third-order valence-electron chi connectivity index (χ3n) is 4.40. The first-order valence-electron chi connectivity index (χ1n) is 9.40. The summed E-state index contributed by atoms with van der Waals surface area (Å²) < 4.78 is 5.22. The normalized spacial score (nSPS) is 12.2. The van der Waals surface area contributed by atoms with Crippen LogP contribution in [0.1, 0.15) is 38.1 Å². The van der Waals surface area contributed by atoms with Gasteiger partial charge in [0.25, 0.3) is 0 Å². The minimum atomic E-state index is -0.572. The zero-order valence-electron chi connectivity index (χ0n) is 17.5. The molecule has 6 heteroatoms. The summed E-state index contributed by atoms with van der Waals surface area (Å²) in [6.07, 6.45) is 0. The van der Waals surface area contributed by atoms with Crippen molar-refractivity contribution in [2.24, 2.45) is 5.41 Å². The lowest BCUT2D eigenvalue weighted by Gasteiger charge is -2.22. The van der Waals surface area contributed by atoms with E-state index in [1.54, 1.807) is 63.9 Å². The molecule has 0 spiro atoms. The van der Waals surface area contributed by atoms with Crippen LogP contribution in [0.5, 0.6) is 0 Å². The quantitative estimate of drug-likeness (QED) is 0.490. The molecular weight excluding hydrogens is 386 g/mol. The van der Waals surface area contributed by atoms with Crippen molar-refractivity contribution in [3.63, 3.8) is 0 Å². The van der Waals surface area contributed by atoms with Gasteiger partial charge in [-0.25, -0.2) is 4.79 Å². The van der Waals surface area contributed by atoms with Gasteiger partial charge in [-0.05, 0) is 31.2 Å². The van der Waals surface area contributed by atoms with Crippen LogP contribution in [0.4, 0.5) is 5.69 Å². The van der Waals surface area contributed by atoms with E-state index in [0.717, 1.165) is 5.69 Å². The third-order valence-corrected chi connectivity index (χ3v) is 5.57. The molecule has 2 rings (SSSR count). The van der Waals surface area contributed by atoms with Crippen molar-refractivity contribution in [2.75, 3.05) is 18.6 Å². The molecule has 0 aliphatic rings. The Balaban J connectivity index is 2.09. The summed E-state index contributed by atoms with van der Waals surface area (Å²) in [5, 5.41) is -0.412. The second-order valence-corrected chi connectivity index (χ2v) is 9.12. The number of anilines is 1. The van der Waals surface area contributed by atoms with E-state index in [2.05, 4.69) is 0 Å². The molecule has 0 radical (unpaired) electrons. The Morgan fingerprint density at radius 2 is 1.59 bits per heavy atom. The molecule has 0 aromatic heterocycles. The molecule has 0 aliphatic heterocycles. The van der Waals surface area contributed by atoms with Gasteiger partial charge in [-0.3, -0.25) is 9.59 Å². The summed E-state index contributed by atoms with van der Waals surface area (Å²) in [6.45, 7) is 6.88. The third kappa shape index (κ3) is 6.19. The van der Waals surface area contributed by atoms with Gasteiger partial charge in [0, 0.05) is 23.0 Å². The second kappa shape index (κ2) is 9.74. The zero-order valence-corrected chi connectivity index (χ0v) is 18.3. The number of carbonyl (C=O) groups is 3. The first kappa shape index (κ1) is 22.7. The second-order valence-electron chi connectivity index (χ2n) is 7.74. The molecule has 154 valence electrons. The highest BCUT2D eigenvalue weighted by Gasteiger charge is 2.25. The van der Waals surface area contributed by atoms with Crippen LogP contribution in [0.15, 0.2) is 59.5 Å². The Labute approximate surface area is 176 Å². The summed E-state index contributed by atoms with van der Waals surface area (Å²) in [7, 11) is 1.73. The molecule has 0 bridgehead atoms. The number of thioether (sulfide) groups is 1. The fraction of sp³-hybridized carbons (Fsp3) is 0.348. The van der Waals surface area contributed by atoms with Crippen LogP contribution in [-0.4, -0.2) is 36.6 Å². The smallest absolute Gasteiger partial charge is 0.339 e. The first-order chi connectivity index (χ1) is 13.6. The van der Waals surface area contributed by atoms with Crippen LogP contribution < -0.4 is 4.90 Å². The van der Waals surface area contributed by atoms with Crippen molar-refractivity contribution in [3.8, 4) is 0 Å². The van der Waals surface area contributed by atoms with Crippen molar-refractivity contribution >= 4 is 35.1 Å². The summed E-state index contributed by atoms with van der Waals surface area (Å²) in [6, 6.07) is 16.3. The van der Waals surface area contributed by atoms with Crippen molar-refractivity contribution in [1.82, 2.24) is 0 Å². The molecule has 0 fully saturated rings. The highest BCUT2D eigenvalue weighted by molar-refractivity contribution is 8.00. The van der Waals surface area contributed by atoms with E-state index in [9.17, 15) is 14.4 Å². The van der Waals surface area contributed by atoms with Crippen LogP contribution in [0.3, 0.4) is 0 Å². The molecule has 0 saturated heterocycles.